The Labute approximate surface area is 212 Å². The highest BCUT2D eigenvalue weighted by atomic mass is 32.2. The normalized spacial score (nSPS) is 11.8. The number of hydrogen-bond donors (Lipinski definition) is 0. The fourth-order valence-corrected chi connectivity index (χ4v) is 4.82. The summed E-state index contributed by atoms with van der Waals surface area (Å²) in [5, 5.41) is 20.0. The quantitative estimate of drug-likeness (QED) is 0.154. The van der Waals surface area contributed by atoms with Gasteiger partial charge in [-0.25, -0.2) is 4.39 Å². The Balaban J connectivity index is 1.61. The molecule has 0 saturated carbocycles. The number of aryl methyl sites for hydroxylation is 2. The molecule has 0 saturated heterocycles. The highest BCUT2D eigenvalue weighted by Crippen LogP contribution is 2.39. The van der Waals surface area contributed by atoms with E-state index in [0.717, 1.165) is 11.3 Å². The van der Waals surface area contributed by atoms with Crippen LogP contribution in [0, 0.1) is 29.8 Å². The fraction of sp³-hybridized carbons (Fsp3) is 0.231. The average Bonchev–Trinajstić information content (AvgIpc) is 3.23. The van der Waals surface area contributed by atoms with Crippen LogP contribution in [-0.4, -0.2) is 33.3 Å². The van der Waals surface area contributed by atoms with Gasteiger partial charge < -0.3 is 9.47 Å². The maximum Gasteiger partial charge on any atom is 0.220 e. The second-order valence-corrected chi connectivity index (χ2v) is 9.28. The Morgan fingerprint density at radius 3 is 2.50 bits per heavy atom. The Bertz CT molecular complexity index is 1360. The first kappa shape index (κ1) is 25.2. The fourth-order valence-electron chi connectivity index (χ4n) is 3.66. The Kier molecular flexibility index (Phi) is 7.84. The predicted molar refractivity (Wildman–Crippen MR) is 135 cm³/mol. The van der Waals surface area contributed by atoms with Gasteiger partial charge in [-0.1, -0.05) is 53.7 Å². The van der Waals surface area contributed by atoms with Crippen molar-refractivity contribution in [1.29, 1.82) is 0 Å². The molecule has 4 rings (SSSR count). The van der Waals surface area contributed by atoms with Crippen molar-refractivity contribution in [2.75, 3.05) is 13.7 Å². The molecule has 36 heavy (non-hydrogen) atoms. The van der Waals surface area contributed by atoms with Crippen LogP contribution in [0.4, 0.5) is 4.39 Å². The number of benzene rings is 3. The van der Waals surface area contributed by atoms with Crippen molar-refractivity contribution < 1.29 is 18.8 Å². The third-order valence-electron chi connectivity index (χ3n) is 5.55. The van der Waals surface area contributed by atoms with Gasteiger partial charge in [-0.15, -0.1) is 10.2 Å². The molecule has 8 nitrogen and oxygen atoms in total. The molecular weight excluding hydrogens is 483 g/mol. The number of ether oxygens (including phenoxy) is 2. The molecule has 4 aromatic rings. The molecule has 0 spiro atoms. The second-order valence-electron chi connectivity index (χ2n) is 8.11. The number of thioether (sulfide) groups is 1. The molecule has 1 atom stereocenters. The standard InChI is InChI=1S/C26H25FN4O4S/c1-17-8-11-21(12-9-17)31-18(2)28-29-26(31)36-25(15-30(32)33)19-10-13-23(24(14-19)34-3)35-16-20-6-4-5-7-22(20)27/h4-14,25H,15-16H2,1-3H3/t25-/m0/s1. The third-order valence-corrected chi connectivity index (χ3v) is 6.73. The minimum Gasteiger partial charge on any atom is -0.493 e. The predicted octanol–water partition coefficient (Wildman–Crippen LogP) is 5.72. The zero-order valence-corrected chi connectivity index (χ0v) is 20.9. The van der Waals surface area contributed by atoms with Crippen LogP contribution in [-0.2, 0) is 6.61 Å². The average molecular weight is 509 g/mol. The summed E-state index contributed by atoms with van der Waals surface area (Å²) in [7, 11) is 1.49. The molecule has 1 aromatic heterocycles. The maximum atomic E-state index is 14.0. The van der Waals surface area contributed by atoms with E-state index in [2.05, 4.69) is 10.2 Å². The summed E-state index contributed by atoms with van der Waals surface area (Å²) in [4.78, 5) is 11.2. The summed E-state index contributed by atoms with van der Waals surface area (Å²) in [6, 6.07) is 19.4. The first-order chi connectivity index (χ1) is 17.4. The summed E-state index contributed by atoms with van der Waals surface area (Å²) >= 11 is 1.26. The van der Waals surface area contributed by atoms with E-state index in [-0.39, 0.29) is 23.9 Å². The van der Waals surface area contributed by atoms with Gasteiger partial charge in [0.1, 0.15) is 23.5 Å². The van der Waals surface area contributed by atoms with Gasteiger partial charge in [-0.05, 0) is 49.7 Å². The van der Waals surface area contributed by atoms with E-state index in [1.807, 2.05) is 42.7 Å². The Hall–Kier alpha value is -3.92. The highest BCUT2D eigenvalue weighted by molar-refractivity contribution is 7.99. The molecule has 0 aliphatic carbocycles. The number of halogens is 1. The van der Waals surface area contributed by atoms with Gasteiger partial charge in [0.2, 0.25) is 6.54 Å². The van der Waals surface area contributed by atoms with Crippen molar-refractivity contribution in [2.24, 2.45) is 0 Å². The topological polar surface area (TPSA) is 92.3 Å². The molecule has 10 heteroatoms. The van der Waals surface area contributed by atoms with Crippen LogP contribution in [0.1, 0.15) is 27.8 Å². The number of rotatable bonds is 10. The minimum absolute atomic E-state index is 0.0222. The van der Waals surface area contributed by atoms with E-state index in [4.69, 9.17) is 9.47 Å². The number of aromatic nitrogens is 3. The molecule has 0 aliphatic rings. The minimum atomic E-state index is -0.567. The molecule has 1 heterocycles. The third kappa shape index (κ3) is 5.83. The SMILES string of the molecule is COc1cc([C@H](C[N+](=O)[O-])Sc2nnc(C)n2-c2ccc(C)cc2)ccc1OCc1ccccc1F. The molecule has 0 bridgehead atoms. The van der Waals surface area contributed by atoms with E-state index in [1.54, 1.807) is 36.4 Å². The van der Waals surface area contributed by atoms with Crippen molar-refractivity contribution in [3.63, 3.8) is 0 Å². The Morgan fingerprint density at radius 2 is 1.81 bits per heavy atom. The second kappa shape index (κ2) is 11.2. The smallest absolute Gasteiger partial charge is 0.220 e. The van der Waals surface area contributed by atoms with Gasteiger partial charge in [0.15, 0.2) is 16.7 Å². The van der Waals surface area contributed by atoms with Gasteiger partial charge in [-0.3, -0.25) is 14.7 Å². The molecule has 0 N–H and O–H groups in total. The van der Waals surface area contributed by atoms with E-state index >= 15 is 0 Å². The summed E-state index contributed by atoms with van der Waals surface area (Å²) < 4.78 is 27.1. The zero-order chi connectivity index (χ0) is 25.7. The first-order valence-electron chi connectivity index (χ1n) is 11.2. The number of nitro groups is 1. The lowest BCUT2D eigenvalue weighted by Crippen LogP contribution is -2.11. The van der Waals surface area contributed by atoms with Crippen molar-refractivity contribution >= 4 is 11.8 Å². The van der Waals surface area contributed by atoms with Gasteiger partial charge in [0.25, 0.3) is 0 Å². The lowest BCUT2D eigenvalue weighted by molar-refractivity contribution is -0.479. The number of nitrogens with zero attached hydrogens (tertiary/aromatic N) is 4. The van der Waals surface area contributed by atoms with Crippen LogP contribution in [0.2, 0.25) is 0 Å². The van der Waals surface area contributed by atoms with Gasteiger partial charge in [0.05, 0.1) is 7.11 Å². The van der Waals surface area contributed by atoms with Crippen LogP contribution >= 0.6 is 11.8 Å². The van der Waals surface area contributed by atoms with Crippen molar-refractivity contribution in [3.8, 4) is 17.2 Å². The summed E-state index contributed by atoms with van der Waals surface area (Å²) in [5.41, 5.74) is 3.08. The largest absolute Gasteiger partial charge is 0.493 e. The van der Waals surface area contributed by atoms with E-state index in [9.17, 15) is 14.5 Å². The summed E-state index contributed by atoms with van der Waals surface area (Å²) in [5.74, 6) is 1.13. The molecule has 0 radical (unpaired) electrons. The van der Waals surface area contributed by atoms with Crippen LogP contribution in [0.3, 0.4) is 0 Å². The molecular formula is C26H25FN4O4S. The van der Waals surface area contributed by atoms with Crippen molar-refractivity contribution in [2.45, 2.75) is 30.9 Å². The number of methoxy groups -OCH3 is 1. The van der Waals surface area contributed by atoms with Crippen LogP contribution in [0.25, 0.3) is 5.69 Å². The zero-order valence-electron chi connectivity index (χ0n) is 20.1. The molecule has 0 fully saturated rings. The molecule has 0 unspecified atom stereocenters. The van der Waals surface area contributed by atoms with E-state index in [0.29, 0.717) is 33.6 Å². The maximum absolute atomic E-state index is 14.0. The summed E-state index contributed by atoms with van der Waals surface area (Å²) in [6.45, 7) is 3.53. The summed E-state index contributed by atoms with van der Waals surface area (Å²) in [6.07, 6.45) is 0. The van der Waals surface area contributed by atoms with Crippen LogP contribution < -0.4 is 9.47 Å². The van der Waals surface area contributed by atoms with Crippen molar-refractivity contribution in [1.82, 2.24) is 14.8 Å². The highest BCUT2D eigenvalue weighted by Gasteiger charge is 2.25. The number of hydrogen-bond acceptors (Lipinski definition) is 7. The van der Waals surface area contributed by atoms with Gasteiger partial charge in [0, 0.05) is 16.2 Å². The van der Waals surface area contributed by atoms with Gasteiger partial charge in [-0.2, -0.15) is 0 Å². The monoisotopic (exact) mass is 508 g/mol. The molecule has 3 aromatic carbocycles. The van der Waals surface area contributed by atoms with Crippen LogP contribution in [0.15, 0.2) is 71.9 Å². The molecule has 0 aliphatic heterocycles. The molecule has 0 amide bonds. The lowest BCUT2D eigenvalue weighted by atomic mass is 10.1. The van der Waals surface area contributed by atoms with E-state index < -0.39 is 5.25 Å². The Morgan fingerprint density at radius 1 is 1.06 bits per heavy atom. The van der Waals surface area contributed by atoms with Crippen LogP contribution in [0.5, 0.6) is 11.5 Å². The first-order valence-corrected chi connectivity index (χ1v) is 12.1. The van der Waals surface area contributed by atoms with E-state index in [1.165, 1.54) is 24.9 Å². The lowest BCUT2D eigenvalue weighted by Gasteiger charge is -2.17. The van der Waals surface area contributed by atoms with Gasteiger partial charge >= 0.3 is 0 Å². The van der Waals surface area contributed by atoms with Crippen molar-refractivity contribution in [3.05, 3.63) is 105 Å². The molecule has 186 valence electrons.